The molecule has 4 rings (SSSR count). The molecule has 3 heterocycles. The van der Waals surface area contributed by atoms with Crippen LogP contribution in [0.4, 0.5) is 0 Å². The van der Waals surface area contributed by atoms with E-state index in [1.807, 2.05) is 30.1 Å². The van der Waals surface area contributed by atoms with Crippen LogP contribution in [0.2, 0.25) is 0 Å². The minimum absolute atomic E-state index is 0.211. The maximum Gasteiger partial charge on any atom is 0.233 e. The number of nitrogens with zero attached hydrogens (tertiary/aromatic N) is 3. The molecule has 124 valence electrons. The van der Waals surface area contributed by atoms with Crippen LogP contribution in [-0.2, 0) is 11.8 Å². The van der Waals surface area contributed by atoms with E-state index < -0.39 is 0 Å². The molecule has 0 radical (unpaired) electrons. The second kappa shape index (κ2) is 6.61. The molecule has 1 aliphatic rings. The summed E-state index contributed by atoms with van der Waals surface area (Å²) in [7, 11) is 2.01. The first-order valence-corrected chi connectivity index (χ1v) is 9.97. The zero-order chi connectivity index (χ0) is 16.5. The van der Waals surface area contributed by atoms with E-state index >= 15 is 0 Å². The number of hydrogen-bond donors (Lipinski definition) is 0. The zero-order valence-corrected chi connectivity index (χ0v) is 15.1. The monoisotopic (exact) mass is 357 g/mol. The Labute approximate surface area is 149 Å². The number of aromatic nitrogens is 2. The van der Waals surface area contributed by atoms with E-state index in [2.05, 4.69) is 33.1 Å². The van der Waals surface area contributed by atoms with Crippen LogP contribution in [0.15, 0.2) is 46.9 Å². The van der Waals surface area contributed by atoms with Crippen molar-refractivity contribution in [3.8, 4) is 0 Å². The van der Waals surface area contributed by atoms with Crippen LogP contribution in [0, 0.1) is 0 Å². The van der Waals surface area contributed by atoms with Crippen molar-refractivity contribution in [1.29, 1.82) is 0 Å². The molecule has 1 aliphatic heterocycles. The molecule has 0 aliphatic carbocycles. The van der Waals surface area contributed by atoms with Crippen molar-refractivity contribution < 1.29 is 4.79 Å². The van der Waals surface area contributed by atoms with Gasteiger partial charge in [-0.3, -0.25) is 4.79 Å². The summed E-state index contributed by atoms with van der Waals surface area (Å²) in [6, 6.07) is 12.5. The summed E-state index contributed by atoms with van der Waals surface area (Å²) in [6.07, 6.45) is 2.16. The molecule has 1 fully saturated rings. The molecule has 0 N–H and O–H groups in total. The summed E-state index contributed by atoms with van der Waals surface area (Å²) in [5.41, 5.74) is 2.08. The lowest BCUT2D eigenvalue weighted by atomic mass is 10.2. The summed E-state index contributed by atoms with van der Waals surface area (Å²) >= 11 is 3.28. The molecule has 6 heteroatoms. The number of thioether (sulfide) groups is 1. The zero-order valence-electron chi connectivity index (χ0n) is 13.5. The highest BCUT2D eigenvalue weighted by molar-refractivity contribution is 7.99. The summed E-state index contributed by atoms with van der Waals surface area (Å²) in [6.45, 7) is 0.866. The Bertz CT molecular complexity index is 856. The van der Waals surface area contributed by atoms with Gasteiger partial charge in [-0.15, -0.1) is 11.3 Å². The molecule has 2 aromatic heterocycles. The predicted octanol–water partition coefficient (Wildman–Crippen LogP) is 4.09. The topological polar surface area (TPSA) is 38.1 Å². The average molecular weight is 358 g/mol. The molecule has 4 nitrogen and oxygen atoms in total. The van der Waals surface area contributed by atoms with Gasteiger partial charge in [-0.25, -0.2) is 4.98 Å². The lowest BCUT2D eigenvalue weighted by molar-refractivity contribution is -0.129. The number of amides is 1. The fraction of sp³-hybridized carbons (Fsp3) is 0.333. The Morgan fingerprint density at radius 2 is 2.21 bits per heavy atom. The Balaban J connectivity index is 1.47. The standard InChI is InChI=1S/C18H19N3OS2/c1-20-14-7-3-2-6-13(14)19-18(20)24-12-17(22)21-10-4-8-15(21)16-9-5-11-23-16/h2-3,5-7,9,11,15H,4,8,10,12H2,1H3. The predicted molar refractivity (Wildman–Crippen MR) is 99.4 cm³/mol. The average Bonchev–Trinajstić information content (AvgIpc) is 3.33. The Morgan fingerprint density at radius 1 is 1.33 bits per heavy atom. The van der Waals surface area contributed by atoms with Gasteiger partial charge in [0.1, 0.15) is 0 Å². The second-order valence-corrected chi connectivity index (χ2v) is 7.91. The highest BCUT2D eigenvalue weighted by Crippen LogP contribution is 2.35. The summed E-state index contributed by atoms with van der Waals surface area (Å²) in [5.74, 6) is 0.655. The highest BCUT2D eigenvalue weighted by Gasteiger charge is 2.30. The summed E-state index contributed by atoms with van der Waals surface area (Å²) in [4.78, 5) is 20.7. The van der Waals surface area contributed by atoms with Crippen LogP contribution in [0.25, 0.3) is 11.0 Å². The molecule has 1 amide bonds. The molecule has 0 saturated carbocycles. The largest absolute Gasteiger partial charge is 0.334 e. The normalized spacial score (nSPS) is 17.7. The van der Waals surface area contributed by atoms with E-state index in [0.29, 0.717) is 5.75 Å². The van der Waals surface area contributed by atoms with Crippen molar-refractivity contribution in [2.75, 3.05) is 12.3 Å². The molecule has 1 aromatic carbocycles. The molecule has 0 spiro atoms. The first-order chi connectivity index (χ1) is 11.7. The second-order valence-electron chi connectivity index (χ2n) is 5.99. The molecule has 24 heavy (non-hydrogen) atoms. The van der Waals surface area contributed by atoms with Gasteiger partial charge in [0, 0.05) is 18.5 Å². The lowest BCUT2D eigenvalue weighted by Crippen LogP contribution is -2.31. The van der Waals surface area contributed by atoms with Gasteiger partial charge < -0.3 is 9.47 Å². The smallest absolute Gasteiger partial charge is 0.233 e. The van der Waals surface area contributed by atoms with Gasteiger partial charge in [-0.2, -0.15) is 0 Å². The summed E-state index contributed by atoms with van der Waals surface area (Å²) in [5, 5.41) is 2.99. The van der Waals surface area contributed by atoms with E-state index in [-0.39, 0.29) is 11.9 Å². The SMILES string of the molecule is Cn1c(SCC(=O)N2CCCC2c2cccs2)nc2ccccc21. The van der Waals surface area contributed by atoms with Gasteiger partial charge in [-0.1, -0.05) is 30.0 Å². The number of carbonyl (C=O) groups is 1. The van der Waals surface area contributed by atoms with Crippen molar-refractivity contribution in [3.63, 3.8) is 0 Å². The van der Waals surface area contributed by atoms with Gasteiger partial charge in [0.05, 0.1) is 22.8 Å². The van der Waals surface area contributed by atoms with Crippen LogP contribution in [-0.4, -0.2) is 32.7 Å². The highest BCUT2D eigenvalue weighted by atomic mass is 32.2. The maximum absolute atomic E-state index is 12.7. The number of aryl methyl sites for hydroxylation is 1. The fourth-order valence-corrected chi connectivity index (χ4v) is 5.05. The number of para-hydroxylation sites is 2. The molecule has 0 bridgehead atoms. The van der Waals surface area contributed by atoms with Crippen LogP contribution in [0.3, 0.4) is 0 Å². The molecule has 1 atom stereocenters. The Kier molecular flexibility index (Phi) is 4.33. The van der Waals surface area contributed by atoms with E-state index in [4.69, 9.17) is 0 Å². The van der Waals surface area contributed by atoms with Gasteiger partial charge in [0.25, 0.3) is 0 Å². The van der Waals surface area contributed by atoms with Gasteiger partial charge in [0.2, 0.25) is 5.91 Å². The van der Waals surface area contributed by atoms with Gasteiger partial charge in [-0.05, 0) is 36.4 Å². The van der Waals surface area contributed by atoms with E-state index in [9.17, 15) is 4.79 Å². The lowest BCUT2D eigenvalue weighted by Gasteiger charge is -2.23. The number of thiophene rings is 1. The van der Waals surface area contributed by atoms with Crippen molar-refractivity contribution in [3.05, 3.63) is 46.7 Å². The first-order valence-electron chi connectivity index (χ1n) is 8.11. The number of benzene rings is 1. The number of carbonyl (C=O) groups excluding carboxylic acids is 1. The molecular formula is C18H19N3OS2. The molecule has 3 aromatic rings. The van der Waals surface area contributed by atoms with Crippen LogP contribution in [0.1, 0.15) is 23.8 Å². The first kappa shape index (κ1) is 15.7. The molecular weight excluding hydrogens is 338 g/mol. The van der Waals surface area contributed by atoms with Crippen molar-refractivity contribution >= 4 is 40.0 Å². The molecule has 1 unspecified atom stereocenters. The Hall–Kier alpha value is -1.79. The number of hydrogen-bond acceptors (Lipinski definition) is 4. The van der Waals surface area contributed by atoms with E-state index in [1.165, 1.54) is 16.6 Å². The quantitative estimate of drug-likeness (QED) is 0.660. The van der Waals surface area contributed by atoms with E-state index in [1.54, 1.807) is 11.3 Å². The van der Waals surface area contributed by atoms with E-state index in [0.717, 1.165) is 35.6 Å². The van der Waals surface area contributed by atoms with Crippen molar-refractivity contribution in [1.82, 2.24) is 14.5 Å². The third kappa shape index (κ3) is 2.84. The maximum atomic E-state index is 12.7. The Morgan fingerprint density at radius 3 is 3.00 bits per heavy atom. The van der Waals surface area contributed by atoms with Gasteiger partial charge in [0.15, 0.2) is 5.16 Å². The third-order valence-electron chi connectivity index (χ3n) is 4.52. The molecule has 1 saturated heterocycles. The van der Waals surface area contributed by atoms with Crippen LogP contribution >= 0.6 is 23.1 Å². The number of imidazole rings is 1. The van der Waals surface area contributed by atoms with Crippen molar-refractivity contribution in [2.45, 2.75) is 24.0 Å². The van der Waals surface area contributed by atoms with Crippen LogP contribution < -0.4 is 0 Å². The number of rotatable bonds is 4. The van der Waals surface area contributed by atoms with Gasteiger partial charge >= 0.3 is 0 Å². The number of fused-ring (bicyclic) bond motifs is 1. The summed E-state index contributed by atoms with van der Waals surface area (Å²) < 4.78 is 2.06. The fourth-order valence-electron chi connectivity index (χ4n) is 3.30. The minimum Gasteiger partial charge on any atom is -0.334 e. The minimum atomic E-state index is 0.211. The van der Waals surface area contributed by atoms with Crippen molar-refractivity contribution in [2.24, 2.45) is 7.05 Å². The van der Waals surface area contributed by atoms with Crippen LogP contribution in [0.5, 0.6) is 0 Å². The number of likely N-dealkylation sites (tertiary alicyclic amines) is 1. The third-order valence-corrected chi connectivity index (χ3v) is 6.50.